The first kappa shape index (κ1) is 11.9. The topological polar surface area (TPSA) is 63.3 Å². The van der Waals surface area contributed by atoms with Gasteiger partial charge in [0.15, 0.2) is 17.3 Å². The maximum atomic E-state index is 13.2. The molecule has 7 heteroatoms. The molecule has 0 bridgehead atoms. The van der Waals surface area contributed by atoms with Gasteiger partial charge in [-0.25, -0.2) is 9.18 Å². The van der Waals surface area contributed by atoms with Crippen LogP contribution in [0.15, 0.2) is 22.7 Å². The summed E-state index contributed by atoms with van der Waals surface area (Å²) in [6.07, 6.45) is 0. The number of hydrogen-bond acceptors (Lipinski definition) is 3. The van der Waals surface area contributed by atoms with Crippen LogP contribution in [0.25, 0.3) is 11.3 Å². The van der Waals surface area contributed by atoms with Crippen molar-refractivity contribution in [1.29, 1.82) is 0 Å². The van der Waals surface area contributed by atoms with E-state index >= 15 is 0 Å². The zero-order valence-corrected chi connectivity index (χ0v) is 9.59. The molecule has 0 spiro atoms. The zero-order chi connectivity index (χ0) is 12.6. The number of aromatic nitrogens is 1. The highest BCUT2D eigenvalue weighted by Gasteiger charge is 2.15. The third-order valence-electron chi connectivity index (χ3n) is 2.00. The average Bonchev–Trinajstić information content (AvgIpc) is 2.74. The Morgan fingerprint density at radius 1 is 1.29 bits per heavy atom. The second-order valence-electron chi connectivity index (χ2n) is 3.14. The molecule has 0 aliphatic rings. The lowest BCUT2D eigenvalue weighted by atomic mass is 10.1. The van der Waals surface area contributed by atoms with Crippen LogP contribution in [0, 0.1) is 5.82 Å². The monoisotopic (exact) mass is 275 g/mol. The van der Waals surface area contributed by atoms with E-state index in [2.05, 4.69) is 5.16 Å². The van der Waals surface area contributed by atoms with Gasteiger partial charge in [0.05, 0.1) is 10.0 Å². The molecule has 2 aromatic rings. The fourth-order valence-corrected chi connectivity index (χ4v) is 1.70. The molecule has 4 nitrogen and oxygen atoms in total. The second kappa shape index (κ2) is 4.35. The molecule has 0 unspecified atom stereocenters. The minimum absolute atomic E-state index is 0.145. The van der Waals surface area contributed by atoms with Crippen LogP contribution >= 0.6 is 23.2 Å². The molecule has 0 radical (unpaired) electrons. The maximum Gasteiger partial charge on any atom is 0.358 e. The molecule has 88 valence electrons. The largest absolute Gasteiger partial charge is 0.476 e. The Kier molecular flexibility index (Phi) is 3.04. The summed E-state index contributed by atoms with van der Waals surface area (Å²) in [5.74, 6) is -1.82. The summed E-state index contributed by atoms with van der Waals surface area (Å²) >= 11 is 11.2. The number of aromatic carboxylic acids is 1. The van der Waals surface area contributed by atoms with Gasteiger partial charge < -0.3 is 9.63 Å². The van der Waals surface area contributed by atoms with Crippen LogP contribution in [-0.2, 0) is 0 Å². The van der Waals surface area contributed by atoms with Gasteiger partial charge in [0.25, 0.3) is 0 Å². The molecule has 1 heterocycles. The van der Waals surface area contributed by atoms with E-state index in [-0.39, 0.29) is 21.5 Å². The molecule has 0 saturated carbocycles. The van der Waals surface area contributed by atoms with E-state index in [1.54, 1.807) is 0 Å². The van der Waals surface area contributed by atoms with Crippen molar-refractivity contribution in [3.8, 4) is 11.3 Å². The Morgan fingerprint density at radius 2 is 1.88 bits per heavy atom. The smallest absolute Gasteiger partial charge is 0.358 e. The van der Waals surface area contributed by atoms with E-state index in [1.165, 1.54) is 18.2 Å². The Morgan fingerprint density at radius 3 is 2.35 bits per heavy atom. The Hall–Kier alpha value is -1.59. The Bertz CT molecular complexity index is 574. The predicted octanol–water partition coefficient (Wildman–Crippen LogP) is 3.49. The highest BCUT2D eigenvalue weighted by Crippen LogP contribution is 2.30. The van der Waals surface area contributed by atoms with Gasteiger partial charge in [0.2, 0.25) is 0 Å². The number of carboxylic acid groups (broad SMARTS) is 1. The standard InChI is InChI=1S/C10H4Cl2FNO3/c11-5-1-4(2-6(12)9(5)13)8-3-7(10(15)16)14-17-8/h1-3H,(H,15,16). The van der Waals surface area contributed by atoms with Gasteiger partial charge in [-0.15, -0.1) is 0 Å². The number of carbonyl (C=O) groups is 1. The molecular weight excluding hydrogens is 272 g/mol. The predicted molar refractivity (Wildman–Crippen MR) is 58.9 cm³/mol. The van der Waals surface area contributed by atoms with Gasteiger partial charge >= 0.3 is 5.97 Å². The van der Waals surface area contributed by atoms with Gasteiger partial charge in [-0.2, -0.15) is 0 Å². The summed E-state index contributed by atoms with van der Waals surface area (Å²) in [7, 11) is 0. The molecule has 0 aliphatic heterocycles. The van der Waals surface area contributed by atoms with E-state index in [0.717, 1.165) is 0 Å². The normalized spacial score (nSPS) is 10.5. The number of benzene rings is 1. The lowest BCUT2D eigenvalue weighted by Gasteiger charge is -2.00. The van der Waals surface area contributed by atoms with Crippen molar-refractivity contribution >= 4 is 29.2 Å². The average molecular weight is 276 g/mol. The number of hydrogen-bond donors (Lipinski definition) is 1. The SMILES string of the molecule is O=C(O)c1cc(-c2cc(Cl)c(F)c(Cl)c2)on1. The lowest BCUT2D eigenvalue weighted by Crippen LogP contribution is -1.94. The van der Waals surface area contributed by atoms with E-state index < -0.39 is 11.8 Å². The molecule has 1 aromatic heterocycles. The summed E-state index contributed by atoms with van der Waals surface area (Å²) in [5.41, 5.74) is 0.0953. The van der Waals surface area contributed by atoms with Gasteiger partial charge in [-0.05, 0) is 12.1 Å². The highest BCUT2D eigenvalue weighted by molar-refractivity contribution is 6.35. The quantitative estimate of drug-likeness (QED) is 0.853. The van der Waals surface area contributed by atoms with Crippen LogP contribution in [0.4, 0.5) is 4.39 Å². The second-order valence-corrected chi connectivity index (χ2v) is 3.95. The molecular formula is C10H4Cl2FNO3. The fraction of sp³-hybridized carbons (Fsp3) is 0. The van der Waals surface area contributed by atoms with Crippen molar-refractivity contribution in [2.75, 3.05) is 0 Å². The zero-order valence-electron chi connectivity index (χ0n) is 8.08. The number of rotatable bonds is 2. The van der Waals surface area contributed by atoms with E-state index in [1.807, 2.05) is 0 Å². The van der Waals surface area contributed by atoms with Gasteiger partial charge in [0, 0.05) is 11.6 Å². The molecule has 17 heavy (non-hydrogen) atoms. The van der Waals surface area contributed by atoms with Gasteiger partial charge in [-0.1, -0.05) is 28.4 Å². The summed E-state index contributed by atoms with van der Waals surface area (Å²) in [4.78, 5) is 10.6. The first-order chi connectivity index (χ1) is 7.99. The van der Waals surface area contributed by atoms with Crippen LogP contribution < -0.4 is 0 Å². The van der Waals surface area contributed by atoms with Crippen LogP contribution in [0.3, 0.4) is 0 Å². The number of nitrogens with zero attached hydrogens (tertiary/aromatic N) is 1. The van der Waals surface area contributed by atoms with Crippen molar-refractivity contribution in [1.82, 2.24) is 5.16 Å². The molecule has 0 saturated heterocycles. The third-order valence-corrected chi connectivity index (χ3v) is 2.55. The summed E-state index contributed by atoms with van der Waals surface area (Å²) in [5, 5.41) is 11.6. The summed E-state index contributed by atoms with van der Waals surface area (Å²) < 4.78 is 17.9. The highest BCUT2D eigenvalue weighted by atomic mass is 35.5. The van der Waals surface area contributed by atoms with E-state index in [4.69, 9.17) is 32.8 Å². The maximum absolute atomic E-state index is 13.2. The lowest BCUT2D eigenvalue weighted by molar-refractivity contribution is 0.0686. The van der Waals surface area contributed by atoms with E-state index in [0.29, 0.717) is 5.56 Å². The molecule has 0 fully saturated rings. The van der Waals surface area contributed by atoms with Crippen molar-refractivity contribution < 1.29 is 18.8 Å². The number of carboxylic acids is 1. The molecule has 1 N–H and O–H groups in total. The van der Waals surface area contributed by atoms with Gasteiger partial charge in [-0.3, -0.25) is 0 Å². The fourth-order valence-electron chi connectivity index (χ4n) is 1.21. The molecule has 0 atom stereocenters. The first-order valence-corrected chi connectivity index (χ1v) is 5.09. The van der Waals surface area contributed by atoms with Crippen LogP contribution in [0.5, 0.6) is 0 Å². The van der Waals surface area contributed by atoms with Crippen LogP contribution in [0.1, 0.15) is 10.5 Å². The van der Waals surface area contributed by atoms with Crippen molar-refractivity contribution in [3.05, 3.63) is 39.8 Å². The van der Waals surface area contributed by atoms with Gasteiger partial charge in [0.1, 0.15) is 0 Å². The molecule has 0 amide bonds. The minimum Gasteiger partial charge on any atom is -0.476 e. The first-order valence-electron chi connectivity index (χ1n) is 4.34. The van der Waals surface area contributed by atoms with Crippen molar-refractivity contribution in [3.63, 3.8) is 0 Å². The third kappa shape index (κ3) is 2.25. The Balaban J connectivity index is 2.49. The van der Waals surface area contributed by atoms with Crippen LogP contribution in [-0.4, -0.2) is 16.2 Å². The number of halogens is 3. The summed E-state index contributed by atoms with van der Waals surface area (Å²) in [6, 6.07) is 3.74. The Labute approximate surface area is 105 Å². The molecule has 1 aromatic carbocycles. The molecule has 2 rings (SSSR count). The summed E-state index contributed by atoms with van der Waals surface area (Å²) in [6.45, 7) is 0. The van der Waals surface area contributed by atoms with Crippen molar-refractivity contribution in [2.45, 2.75) is 0 Å². The molecule has 0 aliphatic carbocycles. The van der Waals surface area contributed by atoms with E-state index in [9.17, 15) is 9.18 Å². The minimum atomic E-state index is -1.22. The van der Waals surface area contributed by atoms with Crippen molar-refractivity contribution in [2.24, 2.45) is 0 Å². The van der Waals surface area contributed by atoms with Crippen LogP contribution in [0.2, 0.25) is 10.0 Å².